The lowest BCUT2D eigenvalue weighted by molar-refractivity contribution is -0.137. The van der Waals surface area contributed by atoms with Crippen LogP contribution in [0.25, 0.3) is 10.6 Å². The van der Waals surface area contributed by atoms with Gasteiger partial charge in [-0.25, -0.2) is 4.98 Å². The summed E-state index contributed by atoms with van der Waals surface area (Å²) in [7, 11) is 0. The Kier molecular flexibility index (Phi) is 6.49. The highest BCUT2D eigenvalue weighted by molar-refractivity contribution is 7.13. The molecule has 2 amide bonds. The van der Waals surface area contributed by atoms with Gasteiger partial charge in [-0.2, -0.15) is 0 Å². The number of aromatic nitrogens is 1. The van der Waals surface area contributed by atoms with Crippen molar-refractivity contribution < 1.29 is 9.59 Å². The Morgan fingerprint density at radius 2 is 1.60 bits per heavy atom. The molecular weight excluding hydrogens is 396 g/mol. The van der Waals surface area contributed by atoms with Gasteiger partial charge in [0.25, 0.3) is 5.91 Å². The first-order chi connectivity index (χ1) is 14.5. The SMILES string of the molecule is Cc1csc(-c2ccc(C(=O)N3CCN(C(C)C(=O)N4CCCCC4)CC3)cc2)n1. The van der Waals surface area contributed by atoms with E-state index in [2.05, 4.69) is 9.88 Å². The molecule has 1 unspecified atom stereocenters. The van der Waals surface area contributed by atoms with E-state index in [0.29, 0.717) is 18.7 Å². The highest BCUT2D eigenvalue weighted by atomic mass is 32.1. The van der Waals surface area contributed by atoms with Crippen LogP contribution in [0.15, 0.2) is 29.6 Å². The molecule has 3 heterocycles. The average molecular weight is 427 g/mol. The predicted octanol–water partition coefficient (Wildman–Crippen LogP) is 3.28. The molecule has 2 aromatic rings. The van der Waals surface area contributed by atoms with Gasteiger partial charge in [0.05, 0.1) is 6.04 Å². The van der Waals surface area contributed by atoms with Crippen molar-refractivity contribution in [2.45, 2.75) is 39.2 Å². The van der Waals surface area contributed by atoms with Gasteiger partial charge in [-0.05, 0) is 45.2 Å². The van der Waals surface area contributed by atoms with Crippen LogP contribution < -0.4 is 0 Å². The fourth-order valence-corrected chi connectivity index (χ4v) is 5.08. The molecule has 7 heteroatoms. The zero-order chi connectivity index (χ0) is 21.1. The molecule has 0 bridgehead atoms. The third kappa shape index (κ3) is 4.57. The van der Waals surface area contributed by atoms with E-state index < -0.39 is 0 Å². The van der Waals surface area contributed by atoms with E-state index in [1.54, 1.807) is 11.3 Å². The summed E-state index contributed by atoms with van der Waals surface area (Å²) in [6, 6.07) is 7.62. The van der Waals surface area contributed by atoms with Crippen molar-refractivity contribution in [3.05, 3.63) is 40.9 Å². The van der Waals surface area contributed by atoms with Crippen LogP contribution >= 0.6 is 11.3 Å². The lowest BCUT2D eigenvalue weighted by atomic mass is 10.1. The molecule has 6 nitrogen and oxygen atoms in total. The van der Waals surface area contributed by atoms with Crippen molar-refractivity contribution in [1.29, 1.82) is 0 Å². The molecule has 2 saturated heterocycles. The van der Waals surface area contributed by atoms with Crippen LogP contribution in [-0.2, 0) is 4.79 Å². The lowest BCUT2D eigenvalue weighted by Crippen LogP contribution is -2.56. The summed E-state index contributed by atoms with van der Waals surface area (Å²) in [4.78, 5) is 36.3. The van der Waals surface area contributed by atoms with Crippen LogP contribution in [0.3, 0.4) is 0 Å². The molecule has 1 aromatic carbocycles. The van der Waals surface area contributed by atoms with Crippen LogP contribution in [0, 0.1) is 6.92 Å². The van der Waals surface area contributed by atoms with Crippen LogP contribution in [-0.4, -0.2) is 76.8 Å². The van der Waals surface area contributed by atoms with Gasteiger partial charge in [0, 0.05) is 61.5 Å². The molecule has 1 aromatic heterocycles. The van der Waals surface area contributed by atoms with Crippen molar-refractivity contribution in [3.8, 4) is 10.6 Å². The largest absolute Gasteiger partial charge is 0.341 e. The molecule has 2 aliphatic rings. The number of piperazine rings is 1. The highest BCUT2D eigenvalue weighted by Gasteiger charge is 2.30. The number of carbonyl (C=O) groups is 2. The van der Waals surface area contributed by atoms with Crippen LogP contribution in [0.5, 0.6) is 0 Å². The summed E-state index contributed by atoms with van der Waals surface area (Å²) in [6.07, 6.45) is 3.45. The second kappa shape index (κ2) is 9.27. The molecule has 2 aliphatic heterocycles. The predicted molar refractivity (Wildman–Crippen MR) is 120 cm³/mol. The van der Waals surface area contributed by atoms with Crippen LogP contribution in [0.4, 0.5) is 0 Å². The number of amides is 2. The summed E-state index contributed by atoms with van der Waals surface area (Å²) in [5, 5.41) is 3.01. The van der Waals surface area contributed by atoms with Crippen molar-refractivity contribution >= 4 is 23.2 Å². The summed E-state index contributed by atoms with van der Waals surface area (Å²) in [5.41, 5.74) is 2.76. The first kappa shape index (κ1) is 21.0. The Hall–Kier alpha value is -2.25. The maximum Gasteiger partial charge on any atom is 0.253 e. The third-order valence-corrected chi connectivity index (χ3v) is 7.18. The second-order valence-corrected chi connectivity index (χ2v) is 9.12. The van der Waals surface area contributed by atoms with Gasteiger partial charge in [0.2, 0.25) is 5.91 Å². The van der Waals surface area contributed by atoms with Crippen molar-refractivity contribution in [2.75, 3.05) is 39.3 Å². The summed E-state index contributed by atoms with van der Waals surface area (Å²) < 4.78 is 0. The Morgan fingerprint density at radius 3 is 2.20 bits per heavy atom. The minimum atomic E-state index is -0.110. The molecule has 160 valence electrons. The van der Waals surface area contributed by atoms with Gasteiger partial charge in [0.15, 0.2) is 0 Å². The van der Waals surface area contributed by atoms with Gasteiger partial charge in [0.1, 0.15) is 5.01 Å². The minimum absolute atomic E-state index is 0.0616. The average Bonchev–Trinajstić information content (AvgIpc) is 3.24. The molecule has 4 rings (SSSR count). The Labute approximate surface area is 182 Å². The van der Waals surface area contributed by atoms with E-state index in [1.807, 2.05) is 53.3 Å². The molecule has 30 heavy (non-hydrogen) atoms. The molecule has 0 aliphatic carbocycles. The summed E-state index contributed by atoms with van der Waals surface area (Å²) in [5.74, 6) is 0.300. The Morgan fingerprint density at radius 1 is 0.933 bits per heavy atom. The Balaban J connectivity index is 1.32. The van der Waals surface area contributed by atoms with E-state index in [9.17, 15) is 9.59 Å². The zero-order valence-corrected chi connectivity index (χ0v) is 18.7. The molecule has 1 atom stereocenters. The fourth-order valence-electron chi connectivity index (χ4n) is 4.27. The molecule has 0 radical (unpaired) electrons. The number of nitrogens with zero attached hydrogens (tertiary/aromatic N) is 4. The number of aryl methyl sites for hydroxylation is 1. The van der Waals surface area contributed by atoms with E-state index in [0.717, 1.165) is 55.3 Å². The number of hydrogen-bond donors (Lipinski definition) is 0. The standard InChI is InChI=1S/C23H30N4O2S/c1-17-16-30-21(24-17)19-6-8-20(9-7-19)23(29)27-14-12-25(13-15-27)18(2)22(28)26-10-4-3-5-11-26/h6-9,16,18H,3-5,10-15H2,1-2H3. The van der Waals surface area contributed by atoms with Crippen molar-refractivity contribution in [3.63, 3.8) is 0 Å². The molecule has 0 N–H and O–H groups in total. The first-order valence-corrected chi connectivity index (χ1v) is 11.8. The van der Waals surface area contributed by atoms with E-state index in [4.69, 9.17) is 0 Å². The Bertz CT molecular complexity index is 881. The zero-order valence-electron chi connectivity index (χ0n) is 17.8. The number of likely N-dealkylation sites (tertiary alicyclic amines) is 1. The number of hydrogen-bond acceptors (Lipinski definition) is 5. The number of benzene rings is 1. The number of rotatable bonds is 4. The topological polar surface area (TPSA) is 56.8 Å². The summed E-state index contributed by atoms with van der Waals surface area (Å²) in [6.45, 7) is 8.56. The normalized spacial score (nSPS) is 19.0. The van der Waals surface area contributed by atoms with Crippen molar-refractivity contribution in [2.24, 2.45) is 0 Å². The van der Waals surface area contributed by atoms with Gasteiger partial charge < -0.3 is 9.80 Å². The van der Waals surface area contributed by atoms with Crippen LogP contribution in [0.2, 0.25) is 0 Å². The van der Waals surface area contributed by atoms with Crippen molar-refractivity contribution in [1.82, 2.24) is 19.7 Å². The monoisotopic (exact) mass is 426 g/mol. The lowest BCUT2D eigenvalue weighted by Gasteiger charge is -2.39. The van der Waals surface area contributed by atoms with Gasteiger partial charge in [-0.3, -0.25) is 14.5 Å². The number of piperidine rings is 1. The van der Waals surface area contributed by atoms with E-state index >= 15 is 0 Å². The fraction of sp³-hybridized carbons (Fsp3) is 0.522. The smallest absolute Gasteiger partial charge is 0.253 e. The van der Waals surface area contributed by atoms with Crippen LogP contribution in [0.1, 0.15) is 42.2 Å². The molecule has 0 saturated carbocycles. The molecule has 2 fully saturated rings. The van der Waals surface area contributed by atoms with Gasteiger partial charge in [-0.1, -0.05) is 12.1 Å². The summed E-state index contributed by atoms with van der Waals surface area (Å²) >= 11 is 1.62. The maximum atomic E-state index is 12.9. The third-order valence-electron chi connectivity index (χ3n) is 6.17. The first-order valence-electron chi connectivity index (χ1n) is 10.9. The van der Waals surface area contributed by atoms with E-state index in [-0.39, 0.29) is 17.9 Å². The number of carbonyl (C=O) groups excluding carboxylic acids is 2. The number of thiazole rings is 1. The molecule has 0 spiro atoms. The molecular formula is C23H30N4O2S. The van der Waals surface area contributed by atoms with Gasteiger partial charge in [-0.15, -0.1) is 11.3 Å². The quantitative estimate of drug-likeness (QED) is 0.753. The van der Waals surface area contributed by atoms with Gasteiger partial charge >= 0.3 is 0 Å². The highest BCUT2D eigenvalue weighted by Crippen LogP contribution is 2.24. The van der Waals surface area contributed by atoms with E-state index in [1.165, 1.54) is 6.42 Å². The minimum Gasteiger partial charge on any atom is -0.341 e. The second-order valence-electron chi connectivity index (χ2n) is 8.26. The maximum absolute atomic E-state index is 12.9.